The zero-order valence-electron chi connectivity index (χ0n) is 13.5. The lowest BCUT2D eigenvalue weighted by molar-refractivity contribution is 0.581. The fourth-order valence-corrected chi connectivity index (χ4v) is 3.44. The molecule has 0 saturated heterocycles. The molecular weight excluding hydrogens is 343 g/mol. The standard InChI is InChI=1S/C17H17FN4O2S/c1-12-3-2-4-15(11-12)25(23,24)19-10-9-16-20-17(22-21-16)13-5-7-14(18)8-6-13/h2-8,11,19H,9-10H2,1H3,(H,20,21,22). The fourth-order valence-electron chi connectivity index (χ4n) is 2.30. The lowest BCUT2D eigenvalue weighted by Crippen LogP contribution is -2.26. The van der Waals surface area contributed by atoms with E-state index >= 15 is 0 Å². The minimum Gasteiger partial charge on any atom is -0.263 e. The predicted octanol–water partition coefficient (Wildman–Crippen LogP) is 2.44. The minimum atomic E-state index is -3.56. The highest BCUT2D eigenvalue weighted by atomic mass is 32.2. The van der Waals surface area contributed by atoms with Crippen molar-refractivity contribution in [2.24, 2.45) is 0 Å². The third kappa shape index (κ3) is 4.28. The van der Waals surface area contributed by atoms with Crippen molar-refractivity contribution in [3.63, 3.8) is 0 Å². The van der Waals surface area contributed by atoms with E-state index < -0.39 is 10.0 Å². The van der Waals surface area contributed by atoms with E-state index in [2.05, 4.69) is 19.9 Å². The second-order valence-electron chi connectivity index (χ2n) is 5.58. The molecule has 2 N–H and O–H groups in total. The quantitative estimate of drug-likeness (QED) is 0.707. The number of aromatic amines is 1. The van der Waals surface area contributed by atoms with Gasteiger partial charge in [-0.3, -0.25) is 5.10 Å². The first-order valence-corrected chi connectivity index (χ1v) is 9.16. The first-order chi connectivity index (χ1) is 11.9. The Balaban J connectivity index is 1.62. The number of aryl methyl sites for hydroxylation is 1. The van der Waals surface area contributed by atoms with Crippen LogP contribution in [-0.4, -0.2) is 30.1 Å². The molecule has 130 valence electrons. The largest absolute Gasteiger partial charge is 0.263 e. The van der Waals surface area contributed by atoms with Gasteiger partial charge in [0.25, 0.3) is 0 Å². The molecule has 0 spiro atoms. The lowest BCUT2D eigenvalue weighted by Gasteiger charge is -2.06. The Morgan fingerprint density at radius 2 is 1.92 bits per heavy atom. The topological polar surface area (TPSA) is 87.7 Å². The van der Waals surface area contributed by atoms with Gasteiger partial charge in [-0.15, -0.1) is 0 Å². The van der Waals surface area contributed by atoms with Crippen LogP contribution in [0.2, 0.25) is 0 Å². The molecule has 6 nitrogen and oxygen atoms in total. The van der Waals surface area contributed by atoms with Gasteiger partial charge in [-0.05, 0) is 48.9 Å². The van der Waals surface area contributed by atoms with Gasteiger partial charge in [0.2, 0.25) is 10.0 Å². The van der Waals surface area contributed by atoms with Crippen LogP contribution in [0.25, 0.3) is 11.4 Å². The summed E-state index contributed by atoms with van der Waals surface area (Å²) in [5.41, 5.74) is 1.56. The lowest BCUT2D eigenvalue weighted by atomic mass is 10.2. The van der Waals surface area contributed by atoms with Gasteiger partial charge in [-0.25, -0.2) is 22.5 Å². The highest BCUT2D eigenvalue weighted by molar-refractivity contribution is 7.89. The summed E-state index contributed by atoms with van der Waals surface area (Å²) in [4.78, 5) is 4.53. The van der Waals surface area contributed by atoms with Gasteiger partial charge in [0.05, 0.1) is 4.90 Å². The van der Waals surface area contributed by atoms with Crippen molar-refractivity contribution in [1.82, 2.24) is 19.9 Å². The number of hydrogen-bond donors (Lipinski definition) is 2. The first-order valence-electron chi connectivity index (χ1n) is 7.67. The highest BCUT2D eigenvalue weighted by Gasteiger charge is 2.14. The molecule has 1 aromatic heterocycles. The van der Waals surface area contributed by atoms with Crippen LogP contribution >= 0.6 is 0 Å². The summed E-state index contributed by atoms with van der Waals surface area (Å²) in [5.74, 6) is 0.660. The Morgan fingerprint density at radius 3 is 2.64 bits per heavy atom. The number of nitrogens with one attached hydrogen (secondary N) is 2. The van der Waals surface area contributed by atoms with Crippen LogP contribution in [0.4, 0.5) is 4.39 Å². The maximum absolute atomic E-state index is 12.9. The van der Waals surface area contributed by atoms with E-state index in [-0.39, 0.29) is 17.3 Å². The van der Waals surface area contributed by atoms with E-state index in [0.29, 0.717) is 23.6 Å². The van der Waals surface area contributed by atoms with E-state index in [4.69, 9.17) is 0 Å². The molecule has 25 heavy (non-hydrogen) atoms. The summed E-state index contributed by atoms with van der Waals surface area (Å²) >= 11 is 0. The molecule has 0 aliphatic heterocycles. The van der Waals surface area contributed by atoms with E-state index in [0.717, 1.165) is 5.56 Å². The van der Waals surface area contributed by atoms with E-state index in [1.54, 1.807) is 30.3 Å². The number of rotatable bonds is 6. The van der Waals surface area contributed by atoms with E-state index in [1.807, 2.05) is 13.0 Å². The third-order valence-electron chi connectivity index (χ3n) is 3.59. The molecule has 0 radical (unpaired) electrons. The Morgan fingerprint density at radius 1 is 1.16 bits per heavy atom. The summed E-state index contributed by atoms with van der Waals surface area (Å²) in [7, 11) is -3.56. The molecule has 8 heteroatoms. The Hall–Kier alpha value is -2.58. The van der Waals surface area contributed by atoms with Crippen molar-refractivity contribution < 1.29 is 12.8 Å². The average molecular weight is 360 g/mol. The molecule has 3 aromatic rings. The molecule has 0 atom stereocenters. The van der Waals surface area contributed by atoms with Crippen LogP contribution in [-0.2, 0) is 16.4 Å². The summed E-state index contributed by atoms with van der Waals surface area (Å²) in [6.07, 6.45) is 0.360. The molecule has 3 rings (SSSR count). The summed E-state index contributed by atoms with van der Waals surface area (Å²) in [5, 5.41) is 6.83. The smallest absolute Gasteiger partial charge is 0.240 e. The SMILES string of the molecule is Cc1cccc(S(=O)(=O)NCCc2nc(-c3ccc(F)cc3)n[nH]2)c1. The fraction of sp³-hybridized carbons (Fsp3) is 0.176. The van der Waals surface area contributed by atoms with Gasteiger partial charge < -0.3 is 0 Å². The van der Waals surface area contributed by atoms with Crippen LogP contribution in [0.5, 0.6) is 0 Å². The zero-order valence-corrected chi connectivity index (χ0v) is 14.3. The predicted molar refractivity (Wildman–Crippen MR) is 91.8 cm³/mol. The second kappa shape index (κ2) is 7.12. The molecule has 0 fully saturated rings. The molecule has 0 bridgehead atoms. The summed E-state index contributed by atoms with van der Waals surface area (Å²) in [6.45, 7) is 2.03. The maximum Gasteiger partial charge on any atom is 0.240 e. The molecule has 2 aromatic carbocycles. The van der Waals surface area contributed by atoms with Crippen LogP contribution in [0.1, 0.15) is 11.4 Å². The van der Waals surface area contributed by atoms with E-state index in [1.165, 1.54) is 12.1 Å². The van der Waals surface area contributed by atoms with Crippen molar-refractivity contribution in [3.05, 3.63) is 65.7 Å². The van der Waals surface area contributed by atoms with Crippen molar-refractivity contribution in [1.29, 1.82) is 0 Å². The number of H-pyrrole nitrogens is 1. The van der Waals surface area contributed by atoms with Gasteiger partial charge in [0.1, 0.15) is 11.6 Å². The highest BCUT2D eigenvalue weighted by Crippen LogP contribution is 2.15. The number of benzene rings is 2. The van der Waals surface area contributed by atoms with Crippen LogP contribution in [0.3, 0.4) is 0 Å². The van der Waals surface area contributed by atoms with Crippen molar-refractivity contribution >= 4 is 10.0 Å². The normalized spacial score (nSPS) is 11.6. The maximum atomic E-state index is 12.9. The molecule has 0 unspecified atom stereocenters. The van der Waals surface area contributed by atoms with Gasteiger partial charge in [0.15, 0.2) is 5.82 Å². The number of hydrogen-bond acceptors (Lipinski definition) is 4. The van der Waals surface area contributed by atoms with Gasteiger partial charge >= 0.3 is 0 Å². The zero-order chi connectivity index (χ0) is 17.9. The summed E-state index contributed by atoms with van der Waals surface area (Å²) in [6, 6.07) is 12.5. The Labute approximate surface area is 145 Å². The number of nitrogens with zero attached hydrogens (tertiary/aromatic N) is 2. The first kappa shape index (κ1) is 17.2. The molecule has 0 amide bonds. The van der Waals surface area contributed by atoms with Crippen molar-refractivity contribution in [2.45, 2.75) is 18.2 Å². The number of sulfonamides is 1. The number of halogens is 1. The summed E-state index contributed by atoms with van der Waals surface area (Å²) < 4.78 is 40.0. The Bertz CT molecular complexity index is 968. The van der Waals surface area contributed by atoms with Gasteiger partial charge in [-0.2, -0.15) is 5.10 Å². The third-order valence-corrected chi connectivity index (χ3v) is 5.05. The molecule has 0 saturated carbocycles. The minimum absolute atomic E-state index is 0.189. The van der Waals surface area contributed by atoms with Crippen molar-refractivity contribution in [2.75, 3.05) is 6.54 Å². The molecule has 0 aliphatic carbocycles. The average Bonchev–Trinajstić information content (AvgIpc) is 3.04. The monoisotopic (exact) mass is 360 g/mol. The molecule has 0 aliphatic rings. The van der Waals surface area contributed by atoms with E-state index in [9.17, 15) is 12.8 Å². The van der Waals surface area contributed by atoms with Crippen LogP contribution < -0.4 is 4.72 Å². The Kier molecular flexibility index (Phi) is 4.91. The van der Waals surface area contributed by atoms with Crippen LogP contribution in [0.15, 0.2) is 53.4 Å². The van der Waals surface area contributed by atoms with Gasteiger partial charge in [-0.1, -0.05) is 12.1 Å². The second-order valence-corrected chi connectivity index (χ2v) is 7.34. The molecule has 1 heterocycles. The van der Waals surface area contributed by atoms with Gasteiger partial charge in [0, 0.05) is 18.5 Å². The number of aromatic nitrogens is 3. The van der Waals surface area contributed by atoms with Crippen molar-refractivity contribution in [3.8, 4) is 11.4 Å². The van der Waals surface area contributed by atoms with Crippen LogP contribution in [0, 0.1) is 12.7 Å². The molecular formula is C17H17FN4O2S.